The number of hydrogen-bond donors (Lipinski definition) is 3. The van der Waals surface area contributed by atoms with E-state index in [2.05, 4.69) is 4.90 Å². The van der Waals surface area contributed by atoms with E-state index in [0.29, 0.717) is 11.4 Å². The van der Waals surface area contributed by atoms with Crippen molar-refractivity contribution in [3.63, 3.8) is 0 Å². The van der Waals surface area contributed by atoms with Gasteiger partial charge in [0.15, 0.2) is 0 Å². The molecule has 0 radical (unpaired) electrons. The highest BCUT2D eigenvalue weighted by Gasteiger charge is 2.32. The third-order valence-electron chi connectivity index (χ3n) is 6.04. The highest BCUT2D eigenvalue weighted by atomic mass is 16.5. The molecular formula is C24H29N5O2. The van der Waals surface area contributed by atoms with E-state index in [1.807, 2.05) is 47.4 Å². The van der Waals surface area contributed by atoms with Crippen molar-refractivity contribution in [1.82, 2.24) is 4.90 Å². The molecule has 7 nitrogen and oxygen atoms in total. The van der Waals surface area contributed by atoms with Gasteiger partial charge in [-0.2, -0.15) is 0 Å². The van der Waals surface area contributed by atoms with E-state index in [1.165, 1.54) is 0 Å². The fraction of sp³-hybridized carbons (Fsp3) is 0.375. The Morgan fingerprint density at radius 1 is 1.00 bits per heavy atom. The predicted molar refractivity (Wildman–Crippen MR) is 122 cm³/mol. The Kier molecular flexibility index (Phi) is 6.21. The van der Waals surface area contributed by atoms with E-state index in [0.717, 1.165) is 62.1 Å². The number of ether oxygens (including phenoxy) is 1. The molecule has 162 valence electrons. The zero-order valence-electron chi connectivity index (χ0n) is 17.6. The predicted octanol–water partition coefficient (Wildman–Crippen LogP) is 3.10. The molecule has 31 heavy (non-hydrogen) atoms. The Bertz CT molecular complexity index is 966. The van der Waals surface area contributed by atoms with Gasteiger partial charge in [-0.1, -0.05) is 36.4 Å². The Morgan fingerprint density at radius 2 is 1.74 bits per heavy atom. The molecule has 4 N–H and O–H groups in total. The van der Waals surface area contributed by atoms with Crippen molar-refractivity contribution in [1.29, 1.82) is 10.8 Å². The van der Waals surface area contributed by atoms with Crippen molar-refractivity contribution in [3.8, 4) is 0 Å². The number of nitrogens with one attached hydrogen (secondary N) is 2. The lowest BCUT2D eigenvalue weighted by Gasteiger charge is -2.25. The normalized spacial score (nSPS) is 18.3. The topological polar surface area (TPSA) is 107 Å². The number of carbonyl (C=O) groups is 1. The van der Waals surface area contributed by atoms with Gasteiger partial charge in [0.05, 0.1) is 0 Å². The number of anilines is 1. The van der Waals surface area contributed by atoms with Gasteiger partial charge in [0.1, 0.15) is 24.3 Å². The van der Waals surface area contributed by atoms with Crippen molar-refractivity contribution in [2.75, 3.05) is 24.5 Å². The van der Waals surface area contributed by atoms with Gasteiger partial charge in [0, 0.05) is 36.4 Å². The van der Waals surface area contributed by atoms with Gasteiger partial charge < -0.3 is 20.3 Å². The quantitative estimate of drug-likeness (QED) is 0.379. The van der Waals surface area contributed by atoms with E-state index in [9.17, 15) is 4.79 Å². The van der Waals surface area contributed by atoms with Crippen LogP contribution in [-0.2, 0) is 16.1 Å². The van der Waals surface area contributed by atoms with Crippen molar-refractivity contribution < 1.29 is 9.53 Å². The van der Waals surface area contributed by atoms with Crippen LogP contribution < -0.4 is 10.6 Å². The molecule has 4 rings (SSSR count). The van der Waals surface area contributed by atoms with E-state index < -0.39 is 0 Å². The molecule has 0 unspecified atom stereocenters. The Balaban J connectivity index is 1.36. The maximum atomic E-state index is 12.8. The number of amidine groups is 2. The van der Waals surface area contributed by atoms with Crippen LogP contribution in [0.3, 0.4) is 0 Å². The van der Waals surface area contributed by atoms with Gasteiger partial charge in [-0.25, -0.2) is 4.79 Å². The summed E-state index contributed by atoms with van der Waals surface area (Å²) in [5.41, 5.74) is 8.95. The number of rotatable bonds is 6. The molecule has 2 aliphatic heterocycles. The Labute approximate surface area is 182 Å². The molecule has 2 heterocycles. The third kappa shape index (κ3) is 4.71. The molecule has 0 aromatic heterocycles. The van der Waals surface area contributed by atoms with E-state index >= 15 is 0 Å². The molecule has 2 aromatic carbocycles. The number of nitrogens with two attached hydrogens (primary N) is 1. The van der Waals surface area contributed by atoms with Crippen LogP contribution in [-0.4, -0.2) is 48.2 Å². The molecular weight excluding hydrogens is 390 g/mol. The smallest absolute Gasteiger partial charge is 0.329 e. The van der Waals surface area contributed by atoms with Crippen molar-refractivity contribution in [2.45, 2.75) is 38.3 Å². The number of nitrogens with zero attached hydrogens (tertiary/aromatic N) is 2. The summed E-state index contributed by atoms with van der Waals surface area (Å²) in [7, 11) is 0. The molecule has 2 fully saturated rings. The van der Waals surface area contributed by atoms with Crippen LogP contribution in [0, 0.1) is 10.8 Å². The zero-order chi connectivity index (χ0) is 21.8. The number of likely N-dealkylation sites (tertiary alicyclic amines) is 1. The average Bonchev–Trinajstić information content (AvgIpc) is 3.50. The van der Waals surface area contributed by atoms with Crippen LogP contribution in [0.5, 0.6) is 0 Å². The molecule has 0 spiro atoms. The molecule has 1 atom stereocenters. The van der Waals surface area contributed by atoms with Crippen LogP contribution in [0.15, 0.2) is 48.5 Å². The molecule has 2 aromatic rings. The van der Waals surface area contributed by atoms with Crippen LogP contribution in [0.4, 0.5) is 5.69 Å². The molecule has 7 heteroatoms. The first-order chi connectivity index (χ1) is 15.0. The van der Waals surface area contributed by atoms with Crippen molar-refractivity contribution in [2.24, 2.45) is 5.73 Å². The van der Waals surface area contributed by atoms with Gasteiger partial charge in [-0.15, -0.1) is 0 Å². The maximum Gasteiger partial charge on any atom is 0.329 e. The van der Waals surface area contributed by atoms with Gasteiger partial charge in [0.25, 0.3) is 0 Å². The summed E-state index contributed by atoms with van der Waals surface area (Å²) in [5, 5.41) is 16.0. The van der Waals surface area contributed by atoms with Gasteiger partial charge in [-0.3, -0.25) is 10.8 Å². The second-order valence-electron chi connectivity index (χ2n) is 8.16. The number of esters is 1. The molecule has 0 bridgehead atoms. The number of hydrogen-bond acceptors (Lipinski definition) is 5. The summed E-state index contributed by atoms with van der Waals surface area (Å²) in [6.07, 6.45) is 3.95. The summed E-state index contributed by atoms with van der Waals surface area (Å²) < 4.78 is 5.63. The largest absolute Gasteiger partial charge is 0.459 e. The maximum absolute atomic E-state index is 12.8. The molecule has 0 saturated carbocycles. The van der Waals surface area contributed by atoms with Crippen LogP contribution in [0.2, 0.25) is 0 Å². The second kappa shape index (κ2) is 9.20. The molecule has 0 amide bonds. The van der Waals surface area contributed by atoms with Gasteiger partial charge in [0.2, 0.25) is 0 Å². The summed E-state index contributed by atoms with van der Waals surface area (Å²) >= 11 is 0. The lowest BCUT2D eigenvalue weighted by Crippen LogP contribution is -2.37. The van der Waals surface area contributed by atoms with Crippen LogP contribution >= 0.6 is 0 Å². The van der Waals surface area contributed by atoms with Crippen LogP contribution in [0.25, 0.3) is 0 Å². The first-order valence-corrected chi connectivity index (χ1v) is 10.8. The van der Waals surface area contributed by atoms with E-state index in [-0.39, 0.29) is 24.5 Å². The van der Waals surface area contributed by atoms with E-state index in [1.54, 1.807) is 6.07 Å². The van der Waals surface area contributed by atoms with Crippen LogP contribution in [0.1, 0.15) is 42.4 Å². The first kappa shape index (κ1) is 20.9. The summed E-state index contributed by atoms with van der Waals surface area (Å²) in [4.78, 5) is 16.9. The van der Waals surface area contributed by atoms with Gasteiger partial charge in [-0.05, 0) is 43.4 Å². The number of benzene rings is 2. The monoisotopic (exact) mass is 419 g/mol. The Hall–Kier alpha value is -3.35. The molecule has 2 saturated heterocycles. The highest BCUT2D eigenvalue weighted by molar-refractivity contribution is 5.97. The fourth-order valence-corrected chi connectivity index (χ4v) is 4.31. The molecule has 0 aliphatic carbocycles. The first-order valence-electron chi connectivity index (χ1n) is 10.8. The lowest BCUT2D eigenvalue weighted by molar-refractivity contribution is -0.146. The van der Waals surface area contributed by atoms with Crippen molar-refractivity contribution >= 4 is 23.3 Å². The van der Waals surface area contributed by atoms with Crippen molar-refractivity contribution in [3.05, 3.63) is 65.2 Å². The minimum atomic E-state index is -0.329. The summed E-state index contributed by atoms with van der Waals surface area (Å²) in [5.74, 6) is 0.344. The number of carbonyl (C=O) groups excluding carboxylic acids is 1. The zero-order valence-corrected chi connectivity index (χ0v) is 17.6. The lowest BCUT2D eigenvalue weighted by atomic mass is 10.1. The Morgan fingerprint density at radius 3 is 2.45 bits per heavy atom. The minimum absolute atomic E-state index is 0.0152. The second-order valence-corrected chi connectivity index (χ2v) is 8.16. The highest BCUT2D eigenvalue weighted by Crippen LogP contribution is 2.27. The molecule has 2 aliphatic rings. The SMILES string of the molecule is N=C(N)c1cccc(N2CCC[C@@H]2C(=O)OCc2ccc(C(=N)N3CCCC3)cc2)c1. The van der Waals surface area contributed by atoms with Gasteiger partial charge >= 0.3 is 5.97 Å². The standard InChI is InChI=1S/C24H29N5O2/c25-22(26)19-5-3-6-20(15-19)29-14-4-7-21(29)24(30)31-16-17-8-10-18(11-9-17)23(27)28-12-1-2-13-28/h3,5-6,8-11,15,21,27H,1-2,4,7,12-14,16H2,(H3,25,26)/t21-/m1/s1. The summed E-state index contributed by atoms with van der Waals surface area (Å²) in [6.45, 7) is 2.89. The number of nitrogen functional groups attached to an aromatic ring is 1. The summed E-state index contributed by atoms with van der Waals surface area (Å²) in [6, 6.07) is 14.8. The fourth-order valence-electron chi connectivity index (χ4n) is 4.31. The third-order valence-corrected chi connectivity index (χ3v) is 6.04. The van der Waals surface area contributed by atoms with E-state index in [4.69, 9.17) is 21.3 Å². The minimum Gasteiger partial charge on any atom is -0.459 e. The average molecular weight is 420 g/mol.